The quantitative estimate of drug-likeness (QED) is 0.277. The van der Waals surface area contributed by atoms with E-state index in [9.17, 15) is 9.90 Å². The summed E-state index contributed by atoms with van der Waals surface area (Å²) in [7, 11) is 0. The summed E-state index contributed by atoms with van der Waals surface area (Å²) in [5, 5.41) is 10.6. The number of carbonyl (C=O) groups is 1. The normalized spacial score (nSPS) is 28.6. The van der Waals surface area contributed by atoms with Crippen molar-refractivity contribution in [2.45, 2.75) is 32.3 Å². The third-order valence-electron chi connectivity index (χ3n) is 1.11. The van der Waals surface area contributed by atoms with Crippen molar-refractivity contribution in [2.24, 2.45) is 0 Å². The number of esters is 1. The van der Waals surface area contributed by atoms with Crippen LogP contribution < -0.4 is 34.7 Å². The van der Waals surface area contributed by atoms with Crippen LogP contribution in [0.25, 0.3) is 0 Å². The van der Waals surface area contributed by atoms with Gasteiger partial charge in [0.05, 0.1) is 6.42 Å². The SMILES string of the molecule is CC1(C)OC(=O)CC([O-])O1.[Na+]. The monoisotopic (exact) mass is 168 g/mol. The maximum Gasteiger partial charge on any atom is 1.00 e. The van der Waals surface area contributed by atoms with Gasteiger partial charge in [-0.05, 0) is 6.29 Å². The zero-order valence-electron chi connectivity index (χ0n) is 6.92. The molecule has 0 N–H and O–H groups in total. The van der Waals surface area contributed by atoms with Crippen LogP contribution in [0.1, 0.15) is 20.3 Å². The first kappa shape index (κ1) is 11.4. The van der Waals surface area contributed by atoms with E-state index >= 15 is 0 Å². The fraction of sp³-hybridized carbons (Fsp3) is 0.833. The van der Waals surface area contributed by atoms with E-state index in [1.54, 1.807) is 0 Å². The summed E-state index contributed by atoms with van der Waals surface area (Å²) in [4.78, 5) is 10.6. The van der Waals surface area contributed by atoms with Crippen LogP contribution in [-0.2, 0) is 14.3 Å². The second-order valence-corrected chi connectivity index (χ2v) is 2.63. The molecule has 0 aromatic heterocycles. The van der Waals surface area contributed by atoms with Crippen molar-refractivity contribution in [1.29, 1.82) is 0 Å². The first-order valence-corrected chi connectivity index (χ1v) is 3.05. The van der Waals surface area contributed by atoms with Gasteiger partial charge in [-0.3, -0.25) is 4.79 Å². The molecule has 0 aromatic rings. The molecule has 1 saturated heterocycles. The van der Waals surface area contributed by atoms with E-state index in [1.165, 1.54) is 13.8 Å². The molecule has 0 spiro atoms. The Morgan fingerprint density at radius 2 is 2.18 bits per heavy atom. The predicted molar refractivity (Wildman–Crippen MR) is 29.7 cm³/mol. The van der Waals surface area contributed by atoms with E-state index in [4.69, 9.17) is 4.74 Å². The minimum Gasteiger partial charge on any atom is -0.831 e. The Morgan fingerprint density at radius 1 is 1.64 bits per heavy atom. The first-order valence-electron chi connectivity index (χ1n) is 3.05. The Labute approximate surface area is 87.2 Å². The number of carbonyl (C=O) groups excluding carboxylic acids is 1. The Hall–Kier alpha value is 0.390. The fourth-order valence-electron chi connectivity index (χ4n) is 0.834. The first-order chi connectivity index (χ1) is 4.49. The summed E-state index contributed by atoms with van der Waals surface area (Å²) in [6.07, 6.45) is -1.46. The van der Waals surface area contributed by atoms with Crippen LogP contribution in [0, 0.1) is 0 Å². The van der Waals surface area contributed by atoms with Gasteiger partial charge in [-0.25, -0.2) is 0 Å². The topological polar surface area (TPSA) is 58.6 Å². The molecule has 0 amide bonds. The standard InChI is InChI=1S/C6H9O4.Na/c1-6(2)9-4(7)3-5(8)10-6;/h4H,3H2,1-2H3;/q-1;+1. The second-order valence-electron chi connectivity index (χ2n) is 2.63. The van der Waals surface area contributed by atoms with Crippen LogP contribution in [0.4, 0.5) is 0 Å². The van der Waals surface area contributed by atoms with Crippen molar-refractivity contribution in [3.63, 3.8) is 0 Å². The number of cyclic esters (lactones) is 1. The van der Waals surface area contributed by atoms with Crippen LogP contribution in [0.2, 0.25) is 0 Å². The van der Waals surface area contributed by atoms with Crippen LogP contribution in [0.15, 0.2) is 0 Å². The molecule has 0 aliphatic carbocycles. The minimum atomic E-state index is -1.27. The Bertz CT molecular complexity index is 157. The maximum absolute atomic E-state index is 10.6. The maximum atomic E-state index is 10.6. The van der Waals surface area contributed by atoms with E-state index in [-0.39, 0.29) is 36.0 Å². The van der Waals surface area contributed by atoms with Gasteiger partial charge in [0.2, 0.25) is 5.79 Å². The molecule has 1 fully saturated rings. The Balaban J connectivity index is 0.000001000. The van der Waals surface area contributed by atoms with Gasteiger partial charge in [-0.1, -0.05) is 0 Å². The van der Waals surface area contributed by atoms with Crippen LogP contribution in [0.3, 0.4) is 0 Å². The van der Waals surface area contributed by atoms with Crippen molar-refractivity contribution in [3.05, 3.63) is 0 Å². The van der Waals surface area contributed by atoms with Crippen molar-refractivity contribution in [3.8, 4) is 0 Å². The zero-order valence-corrected chi connectivity index (χ0v) is 8.92. The van der Waals surface area contributed by atoms with Crippen molar-refractivity contribution in [2.75, 3.05) is 0 Å². The molecule has 1 heterocycles. The van der Waals surface area contributed by atoms with Crippen molar-refractivity contribution in [1.82, 2.24) is 0 Å². The molecule has 11 heavy (non-hydrogen) atoms. The smallest absolute Gasteiger partial charge is 0.831 e. The summed E-state index contributed by atoms with van der Waals surface area (Å²) >= 11 is 0. The van der Waals surface area contributed by atoms with E-state index in [2.05, 4.69) is 4.74 Å². The molecule has 0 bridgehead atoms. The van der Waals surface area contributed by atoms with E-state index < -0.39 is 18.0 Å². The molecule has 4 nitrogen and oxygen atoms in total. The summed E-state index contributed by atoms with van der Waals surface area (Å²) in [5.74, 6) is -1.53. The third kappa shape index (κ3) is 3.53. The van der Waals surface area contributed by atoms with Gasteiger partial charge in [0.15, 0.2) is 0 Å². The number of hydrogen-bond donors (Lipinski definition) is 0. The van der Waals surface area contributed by atoms with Gasteiger partial charge < -0.3 is 14.6 Å². The molecule has 1 rings (SSSR count). The molecule has 1 unspecified atom stereocenters. The van der Waals surface area contributed by atoms with Crippen LogP contribution >= 0.6 is 0 Å². The number of hydrogen-bond acceptors (Lipinski definition) is 4. The largest absolute Gasteiger partial charge is 1.00 e. The molecular weight excluding hydrogens is 159 g/mol. The van der Waals surface area contributed by atoms with Crippen LogP contribution in [-0.4, -0.2) is 18.0 Å². The van der Waals surface area contributed by atoms with Crippen molar-refractivity contribution < 1.29 is 48.9 Å². The van der Waals surface area contributed by atoms with E-state index in [0.717, 1.165) is 0 Å². The molecular formula is C6H9NaO4. The molecule has 1 atom stereocenters. The average molecular weight is 168 g/mol. The Kier molecular flexibility index (Phi) is 4.00. The molecule has 0 radical (unpaired) electrons. The van der Waals surface area contributed by atoms with E-state index in [0.29, 0.717) is 0 Å². The fourth-order valence-corrected chi connectivity index (χ4v) is 0.834. The third-order valence-corrected chi connectivity index (χ3v) is 1.11. The van der Waals surface area contributed by atoms with Gasteiger partial charge >= 0.3 is 35.5 Å². The van der Waals surface area contributed by atoms with Crippen molar-refractivity contribution >= 4 is 5.97 Å². The summed E-state index contributed by atoms with van der Waals surface area (Å²) in [6.45, 7) is 3.07. The van der Waals surface area contributed by atoms with Gasteiger partial charge in [0.25, 0.3) is 0 Å². The van der Waals surface area contributed by atoms with Gasteiger partial charge in [-0.2, -0.15) is 0 Å². The average Bonchev–Trinajstić information content (AvgIpc) is 1.54. The number of rotatable bonds is 0. The molecule has 1 aliphatic rings. The Morgan fingerprint density at radius 3 is 2.55 bits per heavy atom. The molecule has 5 heteroatoms. The van der Waals surface area contributed by atoms with E-state index in [1.807, 2.05) is 0 Å². The molecule has 0 aromatic carbocycles. The molecule has 1 aliphatic heterocycles. The molecule has 58 valence electrons. The zero-order chi connectivity index (χ0) is 7.78. The second kappa shape index (κ2) is 3.87. The predicted octanol–water partition coefficient (Wildman–Crippen LogP) is -3.62. The van der Waals surface area contributed by atoms with Gasteiger partial charge in [0, 0.05) is 13.8 Å². The summed E-state index contributed by atoms with van der Waals surface area (Å²) < 4.78 is 9.43. The van der Waals surface area contributed by atoms with Gasteiger partial charge in [0.1, 0.15) is 0 Å². The minimum absolute atomic E-state index is 0. The van der Waals surface area contributed by atoms with Crippen LogP contribution in [0.5, 0.6) is 0 Å². The summed E-state index contributed by atoms with van der Waals surface area (Å²) in [5.41, 5.74) is 0. The molecule has 0 saturated carbocycles. The number of ether oxygens (including phenoxy) is 2. The summed E-state index contributed by atoms with van der Waals surface area (Å²) in [6, 6.07) is 0. The van der Waals surface area contributed by atoms with Gasteiger partial charge in [-0.15, -0.1) is 0 Å².